The van der Waals surface area contributed by atoms with Crippen molar-refractivity contribution in [3.63, 3.8) is 0 Å². The van der Waals surface area contributed by atoms with Crippen LogP contribution in [-0.2, 0) is 31.4 Å². The molecule has 0 bridgehead atoms. The average Bonchev–Trinajstić information content (AvgIpc) is 3.35. The van der Waals surface area contributed by atoms with Gasteiger partial charge in [-0.3, -0.25) is 14.4 Å². The molecular weight excluding hydrogens is 586 g/mol. The van der Waals surface area contributed by atoms with Crippen LogP contribution >= 0.6 is 11.6 Å². The molecule has 2 N–H and O–H groups in total. The van der Waals surface area contributed by atoms with Crippen LogP contribution in [0.4, 0.5) is 5.82 Å². The number of aromatic nitrogens is 3. The van der Waals surface area contributed by atoms with Gasteiger partial charge in [-0.05, 0) is 43.0 Å². The second-order valence-electron chi connectivity index (χ2n) is 10.6. The first-order valence-electron chi connectivity index (χ1n) is 13.7. The van der Waals surface area contributed by atoms with Crippen LogP contribution < -0.4 is 15.8 Å². The number of hydrogen-bond donors (Lipinski definition) is 2. The molecule has 0 spiro atoms. The molecule has 42 heavy (non-hydrogen) atoms. The molecule has 1 atom stereocenters. The number of carbonyl (C=O) groups excluding carboxylic acids is 2. The van der Waals surface area contributed by atoms with E-state index in [9.17, 15) is 22.8 Å². The van der Waals surface area contributed by atoms with E-state index in [0.717, 1.165) is 17.1 Å². The molecule has 2 aliphatic rings. The summed E-state index contributed by atoms with van der Waals surface area (Å²) >= 11 is 6.15. The maximum absolute atomic E-state index is 13.6. The van der Waals surface area contributed by atoms with Crippen molar-refractivity contribution in [1.29, 1.82) is 0 Å². The van der Waals surface area contributed by atoms with Crippen molar-refractivity contribution < 1.29 is 22.7 Å². The quantitative estimate of drug-likeness (QED) is 0.334. The van der Waals surface area contributed by atoms with Crippen LogP contribution in [0.3, 0.4) is 0 Å². The highest BCUT2D eigenvalue weighted by molar-refractivity contribution is 7.89. The normalized spacial score (nSPS) is 19.0. The largest absolute Gasteiger partial charge is 0.383 e. The van der Waals surface area contributed by atoms with Gasteiger partial charge >= 0.3 is 0 Å². The number of halogens is 1. The lowest BCUT2D eigenvalue weighted by Crippen LogP contribution is -2.63. The zero-order valence-corrected chi connectivity index (χ0v) is 25.0. The Morgan fingerprint density at radius 2 is 1.95 bits per heavy atom. The molecule has 2 amide bonds. The number of methoxy groups -OCH3 is 1. The molecule has 4 heterocycles. The maximum atomic E-state index is 13.6. The summed E-state index contributed by atoms with van der Waals surface area (Å²) in [5.74, 6) is -0.0440. The van der Waals surface area contributed by atoms with Gasteiger partial charge in [-0.15, -0.1) is 0 Å². The number of amides is 2. The van der Waals surface area contributed by atoms with E-state index >= 15 is 0 Å². The van der Waals surface area contributed by atoms with E-state index in [1.54, 1.807) is 25.4 Å². The molecule has 5 rings (SSSR count). The smallest absolute Gasteiger partial charge is 0.266 e. The lowest BCUT2D eigenvalue weighted by molar-refractivity contribution is -0.145. The van der Waals surface area contributed by atoms with Gasteiger partial charge in [0, 0.05) is 70.0 Å². The number of aryl methyl sites for hydroxylation is 1. The van der Waals surface area contributed by atoms with Gasteiger partial charge < -0.3 is 24.8 Å². The Morgan fingerprint density at radius 1 is 1.19 bits per heavy atom. The molecule has 2 fully saturated rings. The number of nitrogens with one attached hydrogen (secondary N) is 2. The molecule has 226 valence electrons. The molecule has 1 aromatic carbocycles. The second-order valence-corrected chi connectivity index (χ2v) is 12.9. The highest BCUT2D eigenvalue weighted by Crippen LogP contribution is 2.29. The third-order valence-electron chi connectivity index (χ3n) is 7.87. The first-order chi connectivity index (χ1) is 20.1. The molecule has 0 radical (unpaired) electrons. The first-order valence-corrected chi connectivity index (χ1v) is 15.5. The summed E-state index contributed by atoms with van der Waals surface area (Å²) in [5.41, 5.74) is 0.372. The van der Waals surface area contributed by atoms with E-state index in [4.69, 9.17) is 16.3 Å². The van der Waals surface area contributed by atoms with Gasteiger partial charge in [0.25, 0.3) is 5.56 Å². The fourth-order valence-corrected chi connectivity index (χ4v) is 7.11. The number of aromatic amines is 1. The number of rotatable bonds is 9. The fourth-order valence-electron chi connectivity index (χ4n) is 5.46. The van der Waals surface area contributed by atoms with Gasteiger partial charge in [0.1, 0.15) is 11.9 Å². The van der Waals surface area contributed by atoms with Gasteiger partial charge in [-0.25, -0.2) is 13.1 Å². The number of fused-ring (bicyclic) bond motifs is 1. The molecule has 2 aromatic heterocycles. The molecule has 0 saturated carbocycles. The monoisotopic (exact) mass is 619 g/mol. The van der Waals surface area contributed by atoms with Gasteiger partial charge in [-0.2, -0.15) is 9.40 Å². The maximum Gasteiger partial charge on any atom is 0.266 e. The molecule has 0 aliphatic carbocycles. The van der Waals surface area contributed by atoms with Gasteiger partial charge in [0.2, 0.25) is 21.8 Å². The zero-order chi connectivity index (χ0) is 30.0. The Morgan fingerprint density at radius 3 is 2.67 bits per heavy atom. The number of H-pyrrole nitrogens is 1. The van der Waals surface area contributed by atoms with E-state index in [1.165, 1.54) is 34.9 Å². The lowest BCUT2D eigenvalue weighted by Gasteiger charge is -2.42. The predicted molar refractivity (Wildman–Crippen MR) is 157 cm³/mol. The summed E-state index contributed by atoms with van der Waals surface area (Å²) in [5, 5.41) is 8.26. The lowest BCUT2D eigenvalue weighted by atomic mass is 9.95. The van der Waals surface area contributed by atoms with Crippen LogP contribution in [0.15, 0.2) is 46.2 Å². The van der Waals surface area contributed by atoms with Crippen LogP contribution in [0.5, 0.6) is 0 Å². The van der Waals surface area contributed by atoms with Crippen LogP contribution in [0.1, 0.15) is 12.8 Å². The Balaban J connectivity index is 1.32. The SMILES string of the molecule is COCCNC(=O)[C@H]1CN(S(=O)(=O)c2ccc3c(Cl)c[nH]c3c2)CC(=O)N1CC1CCN(c2ccc(=O)n(C)n2)CC1. The Bertz CT molecular complexity index is 1630. The minimum atomic E-state index is -4.09. The van der Waals surface area contributed by atoms with Crippen molar-refractivity contribution in [2.45, 2.75) is 23.8 Å². The molecule has 15 heteroatoms. The Kier molecular flexibility index (Phi) is 8.87. The van der Waals surface area contributed by atoms with E-state index in [1.807, 2.05) is 0 Å². The van der Waals surface area contributed by atoms with Crippen LogP contribution in [0.2, 0.25) is 5.02 Å². The predicted octanol–water partition coefficient (Wildman–Crippen LogP) is 0.796. The minimum absolute atomic E-state index is 0.00713. The summed E-state index contributed by atoms with van der Waals surface area (Å²) in [6.45, 7) is 1.66. The van der Waals surface area contributed by atoms with E-state index in [2.05, 4.69) is 20.3 Å². The van der Waals surface area contributed by atoms with Crippen molar-refractivity contribution in [3.8, 4) is 0 Å². The zero-order valence-electron chi connectivity index (χ0n) is 23.5. The number of hydrogen-bond acceptors (Lipinski definition) is 8. The third kappa shape index (κ3) is 6.16. The van der Waals surface area contributed by atoms with Gasteiger partial charge in [0.05, 0.1) is 23.1 Å². The average molecular weight is 620 g/mol. The Hall–Kier alpha value is -3.46. The van der Waals surface area contributed by atoms with Crippen molar-refractivity contribution >= 4 is 50.2 Å². The number of nitrogens with zero attached hydrogens (tertiary/aromatic N) is 5. The van der Waals surface area contributed by atoms with Gasteiger partial charge in [0.15, 0.2) is 0 Å². The van der Waals surface area contributed by atoms with Crippen molar-refractivity contribution in [2.24, 2.45) is 13.0 Å². The molecule has 0 unspecified atom stereocenters. The Labute approximate surface area is 248 Å². The summed E-state index contributed by atoms with van der Waals surface area (Å²) in [4.78, 5) is 45.1. The van der Waals surface area contributed by atoms with Gasteiger partial charge in [-0.1, -0.05) is 11.6 Å². The topological polar surface area (TPSA) is 150 Å². The standard InChI is InChI=1S/C27H34ClN7O6S/c1-32-25(36)6-5-24(31-32)33-10-7-18(8-11-33)15-35-23(27(38)29-9-12-41-2)16-34(17-26(35)37)42(39,40)19-3-4-20-21(28)14-30-22(20)13-19/h3-6,13-14,18,23,30H,7-12,15-17H2,1-2H3,(H,29,38)/t23-/m1/s1. The van der Waals surface area contributed by atoms with Crippen molar-refractivity contribution in [2.75, 3.05) is 57.9 Å². The minimum Gasteiger partial charge on any atom is -0.383 e. The number of piperazine rings is 1. The highest BCUT2D eigenvalue weighted by Gasteiger charge is 2.42. The molecule has 2 saturated heterocycles. The fraction of sp³-hybridized carbons (Fsp3) is 0.481. The van der Waals surface area contributed by atoms with Crippen LogP contribution in [-0.4, -0.2) is 103 Å². The number of carbonyl (C=O) groups is 2. The number of piperidine rings is 1. The summed E-state index contributed by atoms with van der Waals surface area (Å²) in [7, 11) is -0.967. The van der Waals surface area contributed by atoms with E-state index in [0.29, 0.717) is 41.4 Å². The summed E-state index contributed by atoms with van der Waals surface area (Å²) in [6.07, 6.45) is 3.06. The number of anilines is 1. The highest BCUT2D eigenvalue weighted by atomic mass is 35.5. The number of benzene rings is 1. The van der Waals surface area contributed by atoms with Crippen molar-refractivity contribution in [1.82, 2.24) is 29.3 Å². The molecule has 13 nitrogen and oxygen atoms in total. The summed E-state index contributed by atoms with van der Waals surface area (Å²) < 4.78 is 34.7. The number of ether oxygens (including phenoxy) is 1. The third-order valence-corrected chi connectivity index (χ3v) is 9.99. The van der Waals surface area contributed by atoms with E-state index < -0.39 is 27.9 Å². The first kappa shape index (κ1) is 30.0. The molecule has 3 aromatic rings. The summed E-state index contributed by atoms with van der Waals surface area (Å²) in [6, 6.07) is 6.74. The molecule has 2 aliphatic heterocycles. The van der Waals surface area contributed by atoms with E-state index in [-0.39, 0.29) is 42.6 Å². The van der Waals surface area contributed by atoms with Crippen LogP contribution in [0.25, 0.3) is 10.9 Å². The number of sulfonamides is 1. The van der Waals surface area contributed by atoms with Crippen LogP contribution in [0, 0.1) is 5.92 Å². The second kappa shape index (κ2) is 12.4. The van der Waals surface area contributed by atoms with Crippen molar-refractivity contribution in [3.05, 3.63) is 51.9 Å². The molecular formula is C27H34ClN7O6S.